The topological polar surface area (TPSA) is 69.6 Å². The maximum Gasteiger partial charge on any atom is 0.218 e. The molecule has 2 N–H and O–H groups in total. The summed E-state index contributed by atoms with van der Waals surface area (Å²) in [6.07, 6.45) is 0.664. The SMILES string of the molecule is CC(C)N(CCO)S(=O)(=O)C1CCNC1. The summed E-state index contributed by atoms with van der Waals surface area (Å²) in [6, 6.07) is -0.0947. The van der Waals surface area contributed by atoms with Crippen LogP contribution in [0.5, 0.6) is 0 Å². The van der Waals surface area contributed by atoms with Gasteiger partial charge in [0.15, 0.2) is 0 Å². The van der Waals surface area contributed by atoms with Crippen LogP contribution in [0.15, 0.2) is 0 Å². The van der Waals surface area contributed by atoms with E-state index in [9.17, 15) is 8.42 Å². The maximum atomic E-state index is 12.1. The largest absolute Gasteiger partial charge is 0.395 e. The molecule has 0 bridgehead atoms. The van der Waals surface area contributed by atoms with Gasteiger partial charge in [-0.2, -0.15) is 4.31 Å². The highest BCUT2D eigenvalue weighted by molar-refractivity contribution is 7.89. The second-order valence-corrected chi connectivity index (χ2v) is 6.25. The first-order valence-corrected chi connectivity index (χ1v) is 6.82. The lowest BCUT2D eigenvalue weighted by molar-refractivity contribution is 0.235. The molecule has 6 heteroatoms. The van der Waals surface area contributed by atoms with E-state index in [2.05, 4.69) is 5.32 Å². The highest BCUT2D eigenvalue weighted by Crippen LogP contribution is 2.17. The lowest BCUT2D eigenvalue weighted by Gasteiger charge is -2.27. The van der Waals surface area contributed by atoms with E-state index in [0.29, 0.717) is 13.0 Å². The molecule has 0 aromatic rings. The molecular formula is C9H20N2O3S. The quantitative estimate of drug-likeness (QED) is 0.667. The van der Waals surface area contributed by atoms with E-state index in [1.54, 1.807) is 0 Å². The number of aliphatic hydroxyl groups excluding tert-OH is 1. The van der Waals surface area contributed by atoms with Gasteiger partial charge in [0.05, 0.1) is 11.9 Å². The van der Waals surface area contributed by atoms with Gasteiger partial charge in [-0.05, 0) is 26.8 Å². The van der Waals surface area contributed by atoms with Crippen LogP contribution in [0.4, 0.5) is 0 Å². The molecule has 0 aromatic heterocycles. The minimum Gasteiger partial charge on any atom is -0.395 e. The smallest absolute Gasteiger partial charge is 0.218 e. The van der Waals surface area contributed by atoms with Crippen molar-refractivity contribution in [1.82, 2.24) is 9.62 Å². The Bertz CT molecular complexity index is 284. The van der Waals surface area contributed by atoms with Crippen molar-refractivity contribution in [2.24, 2.45) is 0 Å². The molecule has 15 heavy (non-hydrogen) atoms. The Labute approximate surface area is 91.5 Å². The summed E-state index contributed by atoms with van der Waals surface area (Å²) in [4.78, 5) is 0. The first kappa shape index (κ1) is 12.9. The molecule has 5 nitrogen and oxygen atoms in total. The van der Waals surface area contributed by atoms with Crippen LogP contribution >= 0.6 is 0 Å². The number of aliphatic hydroxyl groups is 1. The average molecular weight is 236 g/mol. The van der Waals surface area contributed by atoms with Crippen molar-refractivity contribution >= 4 is 10.0 Å². The maximum absolute atomic E-state index is 12.1. The molecule has 1 atom stereocenters. The third-order valence-electron chi connectivity index (χ3n) is 2.66. The van der Waals surface area contributed by atoms with Gasteiger partial charge in [-0.25, -0.2) is 8.42 Å². The van der Waals surface area contributed by atoms with E-state index in [4.69, 9.17) is 5.11 Å². The van der Waals surface area contributed by atoms with Gasteiger partial charge in [-0.3, -0.25) is 0 Å². The standard InChI is InChI=1S/C9H20N2O3S/c1-8(2)11(5-6-12)15(13,14)9-3-4-10-7-9/h8-10,12H,3-7H2,1-2H3. The zero-order chi connectivity index (χ0) is 11.5. The summed E-state index contributed by atoms with van der Waals surface area (Å²) in [5.74, 6) is 0. The Kier molecular flexibility index (Phi) is 4.51. The second-order valence-electron chi connectivity index (χ2n) is 4.09. The predicted molar refractivity (Wildman–Crippen MR) is 59.1 cm³/mol. The molecule has 1 saturated heterocycles. The zero-order valence-electron chi connectivity index (χ0n) is 9.31. The molecular weight excluding hydrogens is 216 g/mol. The molecule has 1 rings (SSSR count). The van der Waals surface area contributed by atoms with Gasteiger partial charge in [0, 0.05) is 19.1 Å². The van der Waals surface area contributed by atoms with Crippen molar-refractivity contribution in [3.05, 3.63) is 0 Å². The monoisotopic (exact) mass is 236 g/mol. The molecule has 0 spiro atoms. The summed E-state index contributed by atoms with van der Waals surface area (Å²) in [7, 11) is -3.25. The third-order valence-corrected chi connectivity index (χ3v) is 5.16. The van der Waals surface area contributed by atoms with Crippen LogP contribution in [0.25, 0.3) is 0 Å². The third kappa shape index (κ3) is 2.90. The first-order chi connectivity index (χ1) is 7.00. The molecule has 90 valence electrons. The lowest BCUT2D eigenvalue weighted by atomic mass is 10.4. The van der Waals surface area contributed by atoms with E-state index < -0.39 is 10.0 Å². The number of nitrogens with zero attached hydrogens (tertiary/aromatic N) is 1. The molecule has 0 aromatic carbocycles. The Balaban J connectivity index is 2.80. The van der Waals surface area contributed by atoms with Crippen molar-refractivity contribution in [2.45, 2.75) is 31.6 Å². The first-order valence-electron chi connectivity index (χ1n) is 5.32. The molecule has 1 aliphatic rings. The van der Waals surface area contributed by atoms with Crippen LogP contribution < -0.4 is 5.32 Å². The molecule has 1 aliphatic heterocycles. The highest BCUT2D eigenvalue weighted by atomic mass is 32.2. The molecule has 0 radical (unpaired) electrons. The summed E-state index contributed by atoms with van der Waals surface area (Å²) >= 11 is 0. The van der Waals surface area contributed by atoms with Crippen molar-refractivity contribution < 1.29 is 13.5 Å². The highest BCUT2D eigenvalue weighted by Gasteiger charge is 2.34. The van der Waals surface area contributed by atoms with Crippen molar-refractivity contribution in [1.29, 1.82) is 0 Å². The second kappa shape index (κ2) is 5.25. The predicted octanol–water partition coefficient (Wildman–Crippen LogP) is -0.619. The minimum atomic E-state index is -3.25. The van der Waals surface area contributed by atoms with Crippen molar-refractivity contribution in [3.8, 4) is 0 Å². The lowest BCUT2D eigenvalue weighted by Crippen LogP contribution is -2.45. The van der Waals surface area contributed by atoms with Crippen molar-refractivity contribution in [2.75, 3.05) is 26.2 Å². The van der Waals surface area contributed by atoms with Crippen LogP contribution in [-0.4, -0.2) is 55.4 Å². The molecule has 0 amide bonds. The molecule has 1 unspecified atom stereocenters. The van der Waals surface area contributed by atoms with Gasteiger partial charge in [0.1, 0.15) is 0 Å². The molecule has 1 heterocycles. The van der Waals surface area contributed by atoms with E-state index in [0.717, 1.165) is 6.54 Å². The number of sulfonamides is 1. The van der Waals surface area contributed by atoms with Gasteiger partial charge in [-0.1, -0.05) is 0 Å². The summed E-state index contributed by atoms with van der Waals surface area (Å²) in [5.41, 5.74) is 0. The fourth-order valence-electron chi connectivity index (χ4n) is 1.85. The van der Waals surface area contributed by atoms with Gasteiger partial charge < -0.3 is 10.4 Å². The van der Waals surface area contributed by atoms with E-state index >= 15 is 0 Å². The summed E-state index contributed by atoms with van der Waals surface area (Å²) in [5, 5.41) is 11.6. The van der Waals surface area contributed by atoms with Crippen LogP contribution in [0.2, 0.25) is 0 Å². The van der Waals surface area contributed by atoms with Crippen molar-refractivity contribution in [3.63, 3.8) is 0 Å². The fraction of sp³-hybridized carbons (Fsp3) is 1.00. The van der Waals surface area contributed by atoms with Crippen LogP contribution in [0.3, 0.4) is 0 Å². The minimum absolute atomic E-state index is 0.0947. The Morgan fingerprint density at radius 2 is 2.20 bits per heavy atom. The van der Waals surface area contributed by atoms with Crippen LogP contribution in [0, 0.1) is 0 Å². The molecule has 0 aliphatic carbocycles. The van der Waals surface area contributed by atoms with E-state index in [1.807, 2.05) is 13.8 Å². The van der Waals surface area contributed by atoms with Gasteiger partial charge >= 0.3 is 0 Å². The van der Waals surface area contributed by atoms with Gasteiger partial charge in [0.2, 0.25) is 10.0 Å². The normalized spacial score (nSPS) is 22.9. The molecule has 1 fully saturated rings. The Morgan fingerprint density at radius 1 is 1.53 bits per heavy atom. The average Bonchev–Trinajstić information content (AvgIpc) is 2.66. The number of hydrogen-bond acceptors (Lipinski definition) is 4. The zero-order valence-corrected chi connectivity index (χ0v) is 10.1. The van der Waals surface area contributed by atoms with Gasteiger partial charge in [-0.15, -0.1) is 0 Å². The molecule has 0 saturated carbocycles. The number of nitrogens with one attached hydrogen (secondary N) is 1. The van der Waals surface area contributed by atoms with Crippen LogP contribution in [-0.2, 0) is 10.0 Å². The van der Waals surface area contributed by atoms with E-state index in [-0.39, 0.29) is 24.4 Å². The summed E-state index contributed by atoms with van der Waals surface area (Å²) in [6.45, 7) is 5.01. The Hall–Kier alpha value is -0.170. The summed E-state index contributed by atoms with van der Waals surface area (Å²) < 4.78 is 25.7. The van der Waals surface area contributed by atoms with Crippen LogP contribution in [0.1, 0.15) is 20.3 Å². The van der Waals surface area contributed by atoms with Gasteiger partial charge in [0.25, 0.3) is 0 Å². The van der Waals surface area contributed by atoms with E-state index in [1.165, 1.54) is 4.31 Å². The number of rotatable bonds is 5. The number of hydrogen-bond donors (Lipinski definition) is 2. The Morgan fingerprint density at radius 3 is 2.60 bits per heavy atom. The fourth-order valence-corrected chi connectivity index (χ4v) is 3.90.